The van der Waals surface area contributed by atoms with E-state index in [0.717, 1.165) is 23.3 Å². The monoisotopic (exact) mass is 302 g/mol. The third-order valence-corrected chi connectivity index (χ3v) is 4.53. The molecule has 6 nitrogen and oxygen atoms in total. The number of aromatic nitrogens is 3. The molecule has 2 unspecified atom stereocenters. The molecule has 1 fully saturated rings. The van der Waals surface area contributed by atoms with E-state index in [-0.39, 0.29) is 11.2 Å². The van der Waals surface area contributed by atoms with Crippen LogP contribution in [-0.4, -0.2) is 27.2 Å². The number of piperidine rings is 1. The Bertz CT molecular complexity index is 826. The Balaban J connectivity index is 2.27. The van der Waals surface area contributed by atoms with Gasteiger partial charge in [0.05, 0.1) is 5.69 Å². The minimum absolute atomic E-state index is 0.271. The maximum Gasteiger partial charge on any atom is 0.332 e. The zero-order chi connectivity index (χ0) is 16.0. The number of nitrogens with zero attached hydrogens (tertiary/aromatic N) is 4. The summed E-state index contributed by atoms with van der Waals surface area (Å²) in [6.45, 7) is 6.32. The maximum atomic E-state index is 12.6. The van der Waals surface area contributed by atoms with E-state index in [1.807, 2.05) is 6.07 Å². The van der Waals surface area contributed by atoms with Crippen molar-refractivity contribution >= 4 is 16.7 Å². The van der Waals surface area contributed by atoms with Crippen LogP contribution in [0.4, 0.5) is 5.69 Å². The molecule has 2 aromatic rings. The molecular weight excluding hydrogens is 280 g/mol. The predicted octanol–water partition coefficient (Wildman–Crippen LogP) is 1.11. The van der Waals surface area contributed by atoms with Gasteiger partial charge in [-0.3, -0.25) is 13.9 Å². The van der Waals surface area contributed by atoms with Gasteiger partial charge in [-0.2, -0.15) is 0 Å². The molecule has 3 heterocycles. The molecule has 0 aliphatic carbocycles. The number of rotatable bonds is 1. The molecule has 0 aromatic carbocycles. The highest BCUT2D eigenvalue weighted by Crippen LogP contribution is 2.29. The number of fused-ring (bicyclic) bond motifs is 1. The summed E-state index contributed by atoms with van der Waals surface area (Å²) >= 11 is 0. The first kappa shape index (κ1) is 14.8. The molecule has 118 valence electrons. The Kier molecular flexibility index (Phi) is 3.54. The van der Waals surface area contributed by atoms with E-state index in [1.54, 1.807) is 13.2 Å². The first-order chi connectivity index (χ1) is 10.4. The second kappa shape index (κ2) is 5.26. The lowest BCUT2D eigenvalue weighted by molar-refractivity contribution is 0.357. The van der Waals surface area contributed by atoms with Crippen molar-refractivity contribution in [1.29, 1.82) is 0 Å². The van der Waals surface area contributed by atoms with Crippen molar-refractivity contribution in [2.75, 3.05) is 18.0 Å². The molecule has 6 heteroatoms. The lowest BCUT2D eigenvalue weighted by atomic mass is 9.91. The largest absolute Gasteiger partial charge is 0.370 e. The lowest BCUT2D eigenvalue weighted by Gasteiger charge is -2.37. The molecule has 0 radical (unpaired) electrons. The molecule has 0 spiro atoms. The normalized spacial score (nSPS) is 22.3. The van der Waals surface area contributed by atoms with E-state index in [1.165, 1.54) is 18.0 Å². The third-order valence-electron chi connectivity index (χ3n) is 4.53. The fraction of sp³-hybridized carbons (Fsp3) is 0.562. The molecule has 1 aliphatic heterocycles. The second-order valence-electron chi connectivity index (χ2n) is 6.59. The average molecular weight is 302 g/mol. The van der Waals surface area contributed by atoms with Crippen LogP contribution in [0.2, 0.25) is 0 Å². The van der Waals surface area contributed by atoms with E-state index >= 15 is 0 Å². The maximum absolute atomic E-state index is 12.6. The molecular formula is C16H22N4O2. The van der Waals surface area contributed by atoms with Gasteiger partial charge in [0.15, 0.2) is 5.65 Å². The molecule has 22 heavy (non-hydrogen) atoms. The predicted molar refractivity (Wildman–Crippen MR) is 87.4 cm³/mol. The van der Waals surface area contributed by atoms with Crippen molar-refractivity contribution in [2.45, 2.75) is 20.3 Å². The fourth-order valence-corrected chi connectivity index (χ4v) is 3.59. The summed E-state index contributed by atoms with van der Waals surface area (Å²) in [4.78, 5) is 31.2. The molecule has 2 aromatic heterocycles. The van der Waals surface area contributed by atoms with Gasteiger partial charge in [-0.1, -0.05) is 13.8 Å². The minimum Gasteiger partial charge on any atom is -0.370 e. The van der Waals surface area contributed by atoms with Crippen LogP contribution in [0, 0.1) is 11.8 Å². The molecule has 0 bridgehead atoms. The Morgan fingerprint density at radius 2 is 1.73 bits per heavy atom. The van der Waals surface area contributed by atoms with Gasteiger partial charge in [-0.25, -0.2) is 9.78 Å². The summed E-state index contributed by atoms with van der Waals surface area (Å²) < 4.78 is 2.60. The van der Waals surface area contributed by atoms with Crippen LogP contribution in [0.3, 0.4) is 0 Å². The van der Waals surface area contributed by atoms with Gasteiger partial charge >= 0.3 is 5.69 Å². The van der Waals surface area contributed by atoms with E-state index in [2.05, 4.69) is 23.7 Å². The highest BCUT2D eigenvalue weighted by Gasteiger charge is 2.25. The quantitative estimate of drug-likeness (QED) is 0.792. The second-order valence-corrected chi connectivity index (χ2v) is 6.59. The van der Waals surface area contributed by atoms with E-state index in [9.17, 15) is 9.59 Å². The van der Waals surface area contributed by atoms with Gasteiger partial charge in [-0.15, -0.1) is 0 Å². The average Bonchev–Trinajstić information content (AvgIpc) is 2.49. The van der Waals surface area contributed by atoms with Crippen molar-refractivity contribution in [2.24, 2.45) is 25.9 Å². The molecule has 1 aliphatic rings. The summed E-state index contributed by atoms with van der Waals surface area (Å²) in [5.41, 5.74) is 0.727. The topological polar surface area (TPSA) is 60.1 Å². The summed E-state index contributed by atoms with van der Waals surface area (Å²) in [6, 6.07) is 1.89. The van der Waals surface area contributed by atoms with Crippen molar-refractivity contribution in [1.82, 2.24) is 14.1 Å². The Morgan fingerprint density at radius 3 is 2.36 bits per heavy atom. The molecule has 1 saturated heterocycles. The summed E-state index contributed by atoms with van der Waals surface area (Å²) in [5, 5.41) is 0.536. The summed E-state index contributed by atoms with van der Waals surface area (Å²) in [7, 11) is 3.17. The first-order valence-electron chi connectivity index (χ1n) is 7.69. The first-order valence-corrected chi connectivity index (χ1v) is 7.69. The summed E-state index contributed by atoms with van der Waals surface area (Å²) in [5.74, 6) is 1.17. The van der Waals surface area contributed by atoms with Gasteiger partial charge in [0.1, 0.15) is 5.39 Å². The number of anilines is 1. The van der Waals surface area contributed by atoms with E-state index in [4.69, 9.17) is 0 Å². The molecule has 0 amide bonds. The SMILES string of the molecule is CC1CC(C)CN(c2ccnc3c2c(=O)n(C)c(=O)n3C)C1. The van der Waals surface area contributed by atoms with Crippen LogP contribution in [0.15, 0.2) is 21.9 Å². The van der Waals surface area contributed by atoms with Crippen LogP contribution in [0.5, 0.6) is 0 Å². The molecule has 0 saturated carbocycles. The van der Waals surface area contributed by atoms with E-state index in [0.29, 0.717) is 22.9 Å². The number of hydrogen-bond acceptors (Lipinski definition) is 4. The Labute approximate surface area is 129 Å². The third kappa shape index (κ3) is 2.23. The standard InChI is InChI=1S/C16H22N4O2/c1-10-7-11(2)9-20(8-10)12-5-6-17-14-13(12)15(21)19(4)16(22)18(14)3/h5-6,10-11H,7-9H2,1-4H3. The number of aryl methyl sites for hydroxylation is 1. The number of pyridine rings is 1. The van der Waals surface area contributed by atoms with Crippen LogP contribution >= 0.6 is 0 Å². The molecule has 0 N–H and O–H groups in total. The van der Waals surface area contributed by atoms with Crippen molar-refractivity contribution in [3.05, 3.63) is 33.1 Å². The Morgan fingerprint density at radius 1 is 1.09 bits per heavy atom. The van der Waals surface area contributed by atoms with Crippen LogP contribution in [0.1, 0.15) is 20.3 Å². The fourth-order valence-electron chi connectivity index (χ4n) is 3.59. The van der Waals surface area contributed by atoms with Crippen LogP contribution in [-0.2, 0) is 14.1 Å². The zero-order valence-corrected chi connectivity index (χ0v) is 13.5. The zero-order valence-electron chi connectivity index (χ0n) is 13.5. The van der Waals surface area contributed by atoms with Gasteiger partial charge in [0.25, 0.3) is 5.56 Å². The van der Waals surface area contributed by atoms with Gasteiger partial charge in [0, 0.05) is 33.4 Å². The lowest BCUT2D eigenvalue weighted by Crippen LogP contribution is -2.41. The minimum atomic E-state index is -0.345. The number of hydrogen-bond donors (Lipinski definition) is 0. The van der Waals surface area contributed by atoms with Crippen molar-refractivity contribution in [3.8, 4) is 0 Å². The van der Waals surface area contributed by atoms with Crippen LogP contribution in [0.25, 0.3) is 11.0 Å². The van der Waals surface area contributed by atoms with Crippen molar-refractivity contribution < 1.29 is 0 Å². The van der Waals surface area contributed by atoms with Gasteiger partial charge < -0.3 is 4.90 Å². The highest BCUT2D eigenvalue weighted by molar-refractivity contribution is 5.88. The molecule has 2 atom stereocenters. The smallest absolute Gasteiger partial charge is 0.332 e. The van der Waals surface area contributed by atoms with Crippen LogP contribution < -0.4 is 16.1 Å². The summed E-state index contributed by atoms with van der Waals surface area (Å²) in [6.07, 6.45) is 2.89. The van der Waals surface area contributed by atoms with Gasteiger partial charge in [0.2, 0.25) is 0 Å². The Hall–Kier alpha value is -2.11. The van der Waals surface area contributed by atoms with E-state index < -0.39 is 0 Å². The van der Waals surface area contributed by atoms with Crippen molar-refractivity contribution in [3.63, 3.8) is 0 Å². The molecule has 3 rings (SSSR count). The van der Waals surface area contributed by atoms with Gasteiger partial charge in [-0.05, 0) is 24.3 Å². The highest BCUT2D eigenvalue weighted by atomic mass is 16.2.